The maximum absolute atomic E-state index is 5.53. The van der Waals surface area contributed by atoms with Crippen LogP contribution in [0.1, 0.15) is 37.0 Å². The number of likely N-dealkylation sites (tertiary alicyclic amines) is 1. The summed E-state index contributed by atoms with van der Waals surface area (Å²) in [6.07, 6.45) is 7.24. The molecule has 2 aliphatic rings. The zero-order valence-electron chi connectivity index (χ0n) is 13.9. The van der Waals surface area contributed by atoms with E-state index in [0.29, 0.717) is 5.41 Å². The Balaban J connectivity index is 1.33. The molecule has 2 aromatic rings. The van der Waals surface area contributed by atoms with Crippen LogP contribution < -0.4 is 0 Å². The van der Waals surface area contributed by atoms with Crippen LogP contribution in [-0.2, 0) is 13.1 Å². The molecule has 4 heteroatoms. The summed E-state index contributed by atoms with van der Waals surface area (Å²) in [5, 5.41) is 4.47. The minimum Gasteiger partial charge on any atom is -0.468 e. The molecule has 0 N–H and O–H groups in total. The van der Waals surface area contributed by atoms with Crippen molar-refractivity contribution in [3.8, 4) is 0 Å². The molecule has 0 amide bonds. The fourth-order valence-corrected chi connectivity index (χ4v) is 5.17. The lowest BCUT2D eigenvalue weighted by molar-refractivity contribution is -0.0648. The van der Waals surface area contributed by atoms with Crippen LogP contribution >= 0.6 is 11.3 Å². The number of furan rings is 1. The molecule has 3 nitrogen and oxygen atoms in total. The van der Waals surface area contributed by atoms with Crippen LogP contribution in [0.15, 0.2) is 39.6 Å². The lowest BCUT2D eigenvalue weighted by atomic mass is 9.58. The van der Waals surface area contributed by atoms with Gasteiger partial charge in [-0.3, -0.25) is 9.80 Å². The van der Waals surface area contributed by atoms with Gasteiger partial charge in [0.1, 0.15) is 5.76 Å². The molecule has 1 aliphatic heterocycles. The van der Waals surface area contributed by atoms with Gasteiger partial charge in [-0.25, -0.2) is 0 Å². The first kappa shape index (κ1) is 15.4. The molecule has 2 fully saturated rings. The van der Waals surface area contributed by atoms with Crippen LogP contribution in [0.25, 0.3) is 0 Å². The van der Waals surface area contributed by atoms with Gasteiger partial charge >= 0.3 is 0 Å². The zero-order valence-corrected chi connectivity index (χ0v) is 14.7. The summed E-state index contributed by atoms with van der Waals surface area (Å²) in [6.45, 7) is 4.58. The van der Waals surface area contributed by atoms with Crippen LogP contribution in [-0.4, -0.2) is 36.0 Å². The highest BCUT2D eigenvalue weighted by Crippen LogP contribution is 2.51. The molecule has 4 rings (SSSR count). The van der Waals surface area contributed by atoms with Crippen LogP contribution in [0.3, 0.4) is 0 Å². The van der Waals surface area contributed by atoms with E-state index in [-0.39, 0.29) is 0 Å². The summed E-state index contributed by atoms with van der Waals surface area (Å²) in [6, 6.07) is 7.07. The highest BCUT2D eigenvalue weighted by Gasteiger charge is 2.49. The van der Waals surface area contributed by atoms with Gasteiger partial charge < -0.3 is 4.42 Å². The summed E-state index contributed by atoms with van der Waals surface area (Å²) in [5.74, 6) is 1.09. The van der Waals surface area contributed by atoms with Crippen molar-refractivity contribution in [1.82, 2.24) is 9.80 Å². The molecule has 0 bridgehead atoms. The lowest BCUT2D eigenvalue weighted by Gasteiger charge is -2.57. The Morgan fingerprint density at radius 1 is 1.30 bits per heavy atom. The van der Waals surface area contributed by atoms with E-state index < -0.39 is 0 Å². The van der Waals surface area contributed by atoms with Gasteiger partial charge in [-0.15, -0.1) is 0 Å². The lowest BCUT2D eigenvalue weighted by Crippen LogP contribution is -2.57. The van der Waals surface area contributed by atoms with Crippen molar-refractivity contribution in [2.24, 2.45) is 5.41 Å². The minimum absolute atomic E-state index is 0.562. The number of hydrogen-bond donors (Lipinski definition) is 0. The van der Waals surface area contributed by atoms with Crippen molar-refractivity contribution < 1.29 is 4.42 Å². The number of hydrogen-bond acceptors (Lipinski definition) is 4. The highest BCUT2D eigenvalue weighted by molar-refractivity contribution is 7.07. The molecule has 1 aliphatic carbocycles. The second kappa shape index (κ2) is 6.42. The molecule has 0 aromatic carbocycles. The predicted molar refractivity (Wildman–Crippen MR) is 94.5 cm³/mol. The normalized spacial score (nSPS) is 24.2. The second-order valence-corrected chi connectivity index (χ2v) is 8.10. The number of nitrogens with zero attached hydrogens (tertiary/aromatic N) is 2. The average Bonchev–Trinajstić information content (AvgIpc) is 3.21. The predicted octanol–water partition coefficient (Wildman–Crippen LogP) is 4.22. The molecular weight excluding hydrogens is 304 g/mol. The smallest absolute Gasteiger partial charge is 0.117 e. The Bertz CT molecular complexity index is 599. The molecular formula is C19H26N2OS. The van der Waals surface area contributed by atoms with Crippen molar-refractivity contribution in [3.63, 3.8) is 0 Å². The van der Waals surface area contributed by atoms with Crippen LogP contribution in [0.2, 0.25) is 0 Å². The molecule has 124 valence electrons. The Morgan fingerprint density at radius 3 is 2.78 bits per heavy atom. The van der Waals surface area contributed by atoms with E-state index in [4.69, 9.17) is 4.42 Å². The first-order chi connectivity index (χ1) is 11.3. The van der Waals surface area contributed by atoms with E-state index in [1.807, 2.05) is 17.4 Å². The summed E-state index contributed by atoms with van der Waals surface area (Å²) >= 11 is 1.81. The summed E-state index contributed by atoms with van der Waals surface area (Å²) in [5.41, 5.74) is 2.04. The summed E-state index contributed by atoms with van der Waals surface area (Å²) < 4.78 is 5.53. The summed E-state index contributed by atoms with van der Waals surface area (Å²) in [4.78, 5) is 5.16. The molecule has 23 heavy (non-hydrogen) atoms. The molecule has 1 saturated heterocycles. The molecule has 0 unspecified atom stereocenters. The Morgan fingerprint density at radius 2 is 2.17 bits per heavy atom. The summed E-state index contributed by atoms with van der Waals surface area (Å²) in [7, 11) is 2.27. The third kappa shape index (κ3) is 3.12. The Kier molecular flexibility index (Phi) is 4.31. The molecule has 1 saturated carbocycles. The van der Waals surface area contributed by atoms with Crippen molar-refractivity contribution in [1.29, 1.82) is 0 Å². The quantitative estimate of drug-likeness (QED) is 0.818. The molecule has 0 radical (unpaired) electrons. The van der Waals surface area contributed by atoms with Crippen molar-refractivity contribution in [2.75, 3.05) is 20.1 Å². The standard InChI is InChI=1S/C19H26N2OS/c1-20(14-17-3-2-11-22-17)18-4-6-19(18)7-9-21(10-8-19)13-16-5-12-23-15-16/h2-3,5,11-12,15,18H,4,6-10,13-14H2,1H3/t18-/m0/s1. The average molecular weight is 330 g/mol. The fourth-order valence-electron chi connectivity index (χ4n) is 4.51. The van der Waals surface area contributed by atoms with E-state index in [2.05, 4.69) is 39.7 Å². The van der Waals surface area contributed by atoms with Crippen LogP contribution in [0.5, 0.6) is 0 Å². The fraction of sp³-hybridized carbons (Fsp3) is 0.579. The second-order valence-electron chi connectivity index (χ2n) is 7.32. The van der Waals surface area contributed by atoms with E-state index in [1.165, 1.54) is 44.3 Å². The molecule has 3 heterocycles. The first-order valence-corrected chi connectivity index (χ1v) is 9.66. The monoisotopic (exact) mass is 330 g/mol. The number of piperidine rings is 1. The van der Waals surface area contributed by atoms with Gasteiger partial charge in [0.25, 0.3) is 0 Å². The van der Waals surface area contributed by atoms with Gasteiger partial charge in [0, 0.05) is 12.6 Å². The van der Waals surface area contributed by atoms with Gasteiger partial charge in [0.2, 0.25) is 0 Å². The Labute approximate surface area is 142 Å². The highest BCUT2D eigenvalue weighted by atomic mass is 32.1. The largest absolute Gasteiger partial charge is 0.468 e. The third-order valence-electron chi connectivity index (χ3n) is 5.98. The zero-order chi connectivity index (χ0) is 15.7. The van der Waals surface area contributed by atoms with E-state index in [0.717, 1.165) is 24.9 Å². The van der Waals surface area contributed by atoms with Crippen molar-refractivity contribution in [3.05, 3.63) is 46.5 Å². The van der Waals surface area contributed by atoms with Crippen LogP contribution in [0.4, 0.5) is 0 Å². The number of rotatable bonds is 5. The van der Waals surface area contributed by atoms with E-state index >= 15 is 0 Å². The van der Waals surface area contributed by atoms with E-state index in [9.17, 15) is 0 Å². The maximum atomic E-state index is 5.53. The molecule has 1 atom stereocenters. The molecule has 1 spiro atoms. The SMILES string of the molecule is CN(Cc1ccco1)[C@H]1CCC12CCN(Cc1ccsc1)CC2. The Hall–Kier alpha value is -1.10. The molecule has 2 aromatic heterocycles. The maximum Gasteiger partial charge on any atom is 0.117 e. The first-order valence-electron chi connectivity index (χ1n) is 8.71. The van der Waals surface area contributed by atoms with Crippen LogP contribution in [0, 0.1) is 5.41 Å². The van der Waals surface area contributed by atoms with Gasteiger partial charge in [-0.1, -0.05) is 0 Å². The van der Waals surface area contributed by atoms with Gasteiger partial charge in [0.05, 0.1) is 12.8 Å². The van der Waals surface area contributed by atoms with Crippen molar-refractivity contribution in [2.45, 2.75) is 44.8 Å². The third-order valence-corrected chi connectivity index (χ3v) is 6.71. The number of thiophene rings is 1. The van der Waals surface area contributed by atoms with E-state index in [1.54, 1.807) is 6.26 Å². The minimum atomic E-state index is 0.562. The van der Waals surface area contributed by atoms with Gasteiger partial charge in [0.15, 0.2) is 0 Å². The topological polar surface area (TPSA) is 19.6 Å². The van der Waals surface area contributed by atoms with Gasteiger partial charge in [-0.05, 0) is 85.8 Å². The van der Waals surface area contributed by atoms with Gasteiger partial charge in [-0.2, -0.15) is 11.3 Å². The van der Waals surface area contributed by atoms with Crippen molar-refractivity contribution >= 4 is 11.3 Å².